The van der Waals surface area contributed by atoms with Crippen LogP contribution < -0.4 is 10.1 Å². The smallest absolute Gasteiger partial charge is 0.119 e. The molecule has 0 unspecified atom stereocenters. The lowest BCUT2D eigenvalue weighted by molar-refractivity contribution is 0.201. The maximum Gasteiger partial charge on any atom is 0.119 e. The van der Waals surface area contributed by atoms with Crippen LogP contribution >= 0.6 is 0 Å². The van der Waals surface area contributed by atoms with Crippen molar-refractivity contribution in [2.24, 2.45) is 0 Å². The second-order valence-electron chi connectivity index (χ2n) is 5.92. The third kappa shape index (κ3) is 4.58. The molecule has 0 amide bonds. The van der Waals surface area contributed by atoms with Crippen molar-refractivity contribution in [3.63, 3.8) is 0 Å². The molecule has 0 saturated heterocycles. The number of ether oxygens (including phenoxy) is 1. The van der Waals surface area contributed by atoms with E-state index >= 15 is 0 Å². The fourth-order valence-corrected chi connectivity index (χ4v) is 2.59. The fraction of sp³-hybridized carbons (Fsp3) is 0.263. The molecule has 0 aliphatic heterocycles. The second-order valence-corrected chi connectivity index (χ2v) is 5.92. The quantitative estimate of drug-likeness (QED) is 0.693. The number of nitrogens with zero attached hydrogens (tertiary/aromatic N) is 3. The lowest BCUT2D eigenvalue weighted by atomic mass is 10.1. The number of nitrogens with one attached hydrogen (secondary N) is 1. The van der Waals surface area contributed by atoms with Gasteiger partial charge in [0.05, 0.1) is 25.0 Å². The monoisotopic (exact) mass is 338 g/mol. The Morgan fingerprint density at radius 1 is 1.08 bits per heavy atom. The highest BCUT2D eigenvalue weighted by molar-refractivity contribution is 5.46. The molecule has 6 nitrogen and oxygen atoms in total. The SMILES string of the molecule is Cc1cc(C)cc(-n2ncc(CNc3ccc(OCCO)cc3)n2)c1. The average molecular weight is 338 g/mol. The Hall–Kier alpha value is -2.86. The minimum Gasteiger partial charge on any atom is -0.491 e. The third-order valence-corrected chi connectivity index (χ3v) is 3.66. The highest BCUT2D eigenvalue weighted by atomic mass is 16.5. The van der Waals surface area contributed by atoms with Gasteiger partial charge in [-0.2, -0.15) is 15.0 Å². The van der Waals surface area contributed by atoms with E-state index in [0.29, 0.717) is 13.2 Å². The van der Waals surface area contributed by atoms with Gasteiger partial charge in [-0.05, 0) is 61.4 Å². The molecule has 0 aliphatic carbocycles. The van der Waals surface area contributed by atoms with Crippen molar-refractivity contribution in [3.8, 4) is 11.4 Å². The van der Waals surface area contributed by atoms with E-state index in [2.05, 4.69) is 47.6 Å². The molecule has 1 heterocycles. The van der Waals surface area contributed by atoms with Crippen molar-refractivity contribution in [2.45, 2.75) is 20.4 Å². The van der Waals surface area contributed by atoms with Gasteiger partial charge in [0.15, 0.2) is 0 Å². The summed E-state index contributed by atoms with van der Waals surface area (Å²) in [5.41, 5.74) is 5.18. The number of aryl methyl sites for hydroxylation is 2. The molecule has 2 aromatic carbocycles. The molecule has 0 aliphatic rings. The molecule has 0 saturated carbocycles. The van der Waals surface area contributed by atoms with Gasteiger partial charge in [0, 0.05) is 5.69 Å². The van der Waals surface area contributed by atoms with Gasteiger partial charge in [-0.15, -0.1) is 0 Å². The van der Waals surface area contributed by atoms with E-state index in [-0.39, 0.29) is 6.61 Å². The van der Waals surface area contributed by atoms with Gasteiger partial charge in [0.1, 0.15) is 18.1 Å². The fourth-order valence-electron chi connectivity index (χ4n) is 2.59. The largest absolute Gasteiger partial charge is 0.491 e. The first-order chi connectivity index (χ1) is 12.1. The van der Waals surface area contributed by atoms with Gasteiger partial charge >= 0.3 is 0 Å². The van der Waals surface area contributed by atoms with Crippen LogP contribution in [-0.4, -0.2) is 33.3 Å². The predicted molar refractivity (Wildman–Crippen MR) is 97.2 cm³/mol. The molecule has 0 fully saturated rings. The molecule has 130 valence electrons. The number of anilines is 1. The summed E-state index contributed by atoms with van der Waals surface area (Å²) in [5, 5.41) is 20.9. The second kappa shape index (κ2) is 7.81. The standard InChI is InChI=1S/C19H22N4O2/c1-14-9-15(2)11-18(10-14)23-21-13-17(22-23)12-20-16-3-5-19(6-4-16)25-8-7-24/h3-6,9-11,13,20,24H,7-8,12H2,1-2H3. The molecular weight excluding hydrogens is 316 g/mol. The van der Waals surface area contributed by atoms with Crippen LogP contribution in [0.3, 0.4) is 0 Å². The number of aromatic nitrogens is 3. The highest BCUT2D eigenvalue weighted by Crippen LogP contribution is 2.16. The van der Waals surface area contributed by atoms with Crippen LogP contribution in [0.15, 0.2) is 48.7 Å². The van der Waals surface area contributed by atoms with E-state index in [1.807, 2.05) is 24.3 Å². The van der Waals surface area contributed by atoms with Crippen LogP contribution in [0.1, 0.15) is 16.8 Å². The molecule has 3 aromatic rings. The van der Waals surface area contributed by atoms with Gasteiger partial charge in [-0.3, -0.25) is 0 Å². The minimum absolute atomic E-state index is 0.0100. The van der Waals surface area contributed by atoms with Crippen molar-refractivity contribution in [3.05, 3.63) is 65.5 Å². The van der Waals surface area contributed by atoms with Crippen LogP contribution in [0.25, 0.3) is 5.69 Å². The molecule has 0 spiro atoms. The molecule has 25 heavy (non-hydrogen) atoms. The van der Waals surface area contributed by atoms with Crippen LogP contribution in [0.2, 0.25) is 0 Å². The lowest BCUT2D eigenvalue weighted by Crippen LogP contribution is -2.04. The Bertz CT molecular complexity index is 807. The van der Waals surface area contributed by atoms with Crippen molar-refractivity contribution in [1.29, 1.82) is 0 Å². The Labute approximate surface area is 147 Å². The van der Waals surface area contributed by atoms with E-state index in [0.717, 1.165) is 22.8 Å². The molecule has 0 bridgehead atoms. The van der Waals surface area contributed by atoms with E-state index < -0.39 is 0 Å². The van der Waals surface area contributed by atoms with Gasteiger partial charge in [0.25, 0.3) is 0 Å². The van der Waals surface area contributed by atoms with E-state index in [1.165, 1.54) is 11.1 Å². The van der Waals surface area contributed by atoms with E-state index in [9.17, 15) is 0 Å². The summed E-state index contributed by atoms with van der Waals surface area (Å²) in [7, 11) is 0. The lowest BCUT2D eigenvalue weighted by Gasteiger charge is -2.07. The van der Waals surface area contributed by atoms with E-state index in [4.69, 9.17) is 9.84 Å². The van der Waals surface area contributed by atoms with Crippen LogP contribution in [-0.2, 0) is 6.54 Å². The summed E-state index contributed by atoms with van der Waals surface area (Å²) in [6, 6.07) is 13.9. The van der Waals surface area contributed by atoms with Crippen molar-refractivity contribution in [1.82, 2.24) is 15.0 Å². The summed E-state index contributed by atoms with van der Waals surface area (Å²) in [6.45, 7) is 5.03. The molecule has 6 heteroatoms. The zero-order valence-corrected chi connectivity index (χ0v) is 14.4. The molecule has 2 N–H and O–H groups in total. The summed E-state index contributed by atoms with van der Waals surface area (Å²) in [5.74, 6) is 0.736. The van der Waals surface area contributed by atoms with Crippen LogP contribution in [0.5, 0.6) is 5.75 Å². The normalized spacial score (nSPS) is 10.7. The van der Waals surface area contributed by atoms with Gasteiger partial charge in [-0.1, -0.05) is 6.07 Å². The van der Waals surface area contributed by atoms with Gasteiger partial charge < -0.3 is 15.2 Å². The maximum absolute atomic E-state index is 8.75. The summed E-state index contributed by atoms with van der Waals surface area (Å²) in [6.07, 6.45) is 1.77. The van der Waals surface area contributed by atoms with Crippen LogP contribution in [0.4, 0.5) is 5.69 Å². The third-order valence-electron chi connectivity index (χ3n) is 3.66. The maximum atomic E-state index is 8.75. The Balaban J connectivity index is 1.61. The molecule has 0 radical (unpaired) electrons. The minimum atomic E-state index is 0.0100. The molecule has 0 atom stereocenters. The van der Waals surface area contributed by atoms with Crippen molar-refractivity contribution >= 4 is 5.69 Å². The number of benzene rings is 2. The Morgan fingerprint density at radius 2 is 1.80 bits per heavy atom. The van der Waals surface area contributed by atoms with Crippen LogP contribution in [0, 0.1) is 13.8 Å². The first-order valence-corrected chi connectivity index (χ1v) is 8.21. The zero-order chi connectivity index (χ0) is 17.6. The number of hydrogen-bond acceptors (Lipinski definition) is 5. The molecule has 1 aromatic heterocycles. The number of aliphatic hydroxyl groups is 1. The topological polar surface area (TPSA) is 72.2 Å². The van der Waals surface area contributed by atoms with Gasteiger partial charge in [0.2, 0.25) is 0 Å². The summed E-state index contributed by atoms with van der Waals surface area (Å²) >= 11 is 0. The van der Waals surface area contributed by atoms with Crippen molar-refractivity contribution < 1.29 is 9.84 Å². The Morgan fingerprint density at radius 3 is 2.48 bits per heavy atom. The first kappa shape index (κ1) is 17.0. The summed E-state index contributed by atoms with van der Waals surface area (Å²) < 4.78 is 5.34. The highest BCUT2D eigenvalue weighted by Gasteiger charge is 2.04. The Kier molecular flexibility index (Phi) is 5.30. The van der Waals surface area contributed by atoms with E-state index in [1.54, 1.807) is 11.0 Å². The number of hydrogen-bond donors (Lipinski definition) is 2. The number of aliphatic hydroxyl groups excluding tert-OH is 1. The molecule has 3 rings (SSSR count). The predicted octanol–water partition coefficient (Wildman–Crippen LogP) is 2.87. The summed E-state index contributed by atoms with van der Waals surface area (Å²) in [4.78, 5) is 1.66. The van der Waals surface area contributed by atoms with Crippen molar-refractivity contribution in [2.75, 3.05) is 18.5 Å². The zero-order valence-electron chi connectivity index (χ0n) is 14.4. The average Bonchev–Trinajstić information content (AvgIpc) is 3.07. The molecular formula is C19H22N4O2. The number of rotatable bonds is 7. The van der Waals surface area contributed by atoms with Gasteiger partial charge in [-0.25, -0.2) is 0 Å². The first-order valence-electron chi connectivity index (χ1n) is 8.21.